The fraction of sp³-hybridized carbons (Fsp3) is 0.468. The summed E-state index contributed by atoms with van der Waals surface area (Å²) in [6.45, 7) is 10.8. The van der Waals surface area contributed by atoms with Gasteiger partial charge in [0.15, 0.2) is 5.78 Å². The number of hydrogen-bond donors (Lipinski definition) is 0. The molecular weight excluding hydrogens is 705 g/mol. The summed E-state index contributed by atoms with van der Waals surface area (Å²) in [6, 6.07) is 41.7. The molecule has 4 aromatic carbocycles. The van der Waals surface area contributed by atoms with Crippen LogP contribution in [0.3, 0.4) is 0 Å². The Kier molecular flexibility index (Phi) is 12.8. The summed E-state index contributed by atoms with van der Waals surface area (Å²) in [7, 11) is -2.88. The number of carbonyl (C=O) groups excluding carboxylic acids is 1. The van der Waals surface area contributed by atoms with Crippen LogP contribution >= 0.6 is 0 Å². The van der Waals surface area contributed by atoms with E-state index in [1.807, 2.05) is 48.5 Å². The van der Waals surface area contributed by atoms with Crippen LogP contribution in [0.2, 0.25) is 5.04 Å². The van der Waals surface area contributed by atoms with E-state index in [0.29, 0.717) is 39.1 Å². The molecule has 292 valence electrons. The Morgan fingerprint density at radius 1 is 0.764 bits per heavy atom. The van der Waals surface area contributed by atoms with Crippen LogP contribution in [0.25, 0.3) is 0 Å². The second-order valence-corrected chi connectivity index (χ2v) is 21.0. The normalized spacial score (nSPS) is 27.2. The summed E-state index contributed by atoms with van der Waals surface area (Å²) < 4.78 is 40.8. The van der Waals surface area contributed by atoms with Crippen molar-refractivity contribution in [2.45, 2.75) is 127 Å². The molecule has 3 aliphatic rings. The fourth-order valence-electron chi connectivity index (χ4n) is 8.83. The van der Waals surface area contributed by atoms with E-state index >= 15 is 0 Å². The molecule has 3 heterocycles. The van der Waals surface area contributed by atoms with E-state index in [4.69, 9.17) is 28.1 Å². The number of hydrogen-bond acceptors (Lipinski definition) is 7. The van der Waals surface area contributed by atoms with Gasteiger partial charge in [0.05, 0.1) is 49.8 Å². The maximum absolute atomic E-state index is 14.0. The number of benzene rings is 4. The Hall–Kier alpha value is -3.47. The first-order chi connectivity index (χ1) is 26.6. The summed E-state index contributed by atoms with van der Waals surface area (Å²) >= 11 is 0. The maximum atomic E-state index is 14.0. The van der Waals surface area contributed by atoms with Crippen LogP contribution in [0, 0.1) is 0 Å². The van der Waals surface area contributed by atoms with Crippen molar-refractivity contribution in [1.82, 2.24) is 0 Å². The van der Waals surface area contributed by atoms with Crippen molar-refractivity contribution in [2.24, 2.45) is 0 Å². The average molecular weight is 763 g/mol. The lowest BCUT2D eigenvalue weighted by molar-refractivity contribution is -0.297. The Morgan fingerprint density at radius 3 is 1.95 bits per heavy atom. The second-order valence-electron chi connectivity index (χ2n) is 16.7. The maximum Gasteiger partial charge on any atom is 0.261 e. The van der Waals surface area contributed by atoms with Crippen LogP contribution in [0.1, 0.15) is 77.3 Å². The third kappa shape index (κ3) is 9.23. The van der Waals surface area contributed by atoms with Gasteiger partial charge in [0.1, 0.15) is 12.2 Å². The molecule has 0 N–H and O–H groups in total. The first-order valence-electron chi connectivity index (χ1n) is 20.2. The molecular formula is C47H58O7Si. The van der Waals surface area contributed by atoms with Gasteiger partial charge >= 0.3 is 0 Å². The Bertz CT molecular complexity index is 1740. The molecule has 8 heteroatoms. The first kappa shape index (κ1) is 39.8. The molecule has 0 spiro atoms. The molecule has 7 rings (SSSR count). The van der Waals surface area contributed by atoms with Crippen molar-refractivity contribution in [2.75, 3.05) is 13.2 Å². The van der Waals surface area contributed by atoms with E-state index in [1.165, 1.54) is 15.9 Å². The van der Waals surface area contributed by atoms with Gasteiger partial charge in [-0.05, 0) is 52.7 Å². The minimum absolute atomic E-state index is 0.00279. The lowest BCUT2D eigenvalue weighted by Gasteiger charge is -2.52. The van der Waals surface area contributed by atoms with Crippen LogP contribution in [0.4, 0.5) is 0 Å². The van der Waals surface area contributed by atoms with Gasteiger partial charge < -0.3 is 28.1 Å². The van der Waals surface area contributed by atoms with Crippen LogP contribution in [0.15, 0.2) is 121 Å². The average Bonchev–Trinajstić information content (AvgIpc) is 3.32. The smallest absolute Gasteiger partial charge is 0.261 e. The Balaban J connectivity index is 1.07. The van der Waals surface area contributed by atoms with Crippen LogP contribution in [-0.2, 0) is 46.1 Å². The van der Waals surface area contributed by atoms with Gasteiger partial charge in [-0.1, -0.05) is 142 Å². The predicted molar refractivity (Wildman–Crippen MR) is 218 cm³/mol. The van der Waals surface area contributed by atoms with E-state index < -0.39 is 20.0 Å². The number of fused-ring (bicyclic) bond motifs is 2. The molecule has 3 saturated heterocycles. The second kappa shape index (κ2) is 17.8. The van der Waals surface area contributed by atoms with E-state index in [9.17, 15) is 4.79 Å². The number of carbonyl (C=O) groups is 1. The summed E-state index contributed by atoms with van der Waals surface area (Å²) in [5.74, 6) is 0.0614. The summed E-state index contributed by atoms with van der Waals surface area (Å²) in [5.41, 5.74) is 1.63. The number of Topliss-reactive ketones (excluding diaryl/α,β-unsaturated/α-hetero) is 1. The lowest BCUT2D eigenvalue weighted by atomic mass is 9.81. The molecule has 0 radical (unpaired) electrons. The number of rotatable bonds is 14. The number of ether oxygens (including phenoxy) is 5. The fourth-order valence-corrected chi connectivity index (χ4v) is 13.4. The zero-order chi connectivity index (χ0) is 38.3. The summed E-state index contributed by atoms with van der Waals surface area (Å²) in [4.78, 5) is 14.0. The first-order valence-corrected chi connectivity index (χ1v) is 22.1. The van der Waals surface area contributed by atoms with Crippen LogP contribution in [-0.4, -0.2) is 69.5 Å². The van der Waals surface area contributed by atoms with Crippen LogP contribution < -0.4 is 10.4 Å². The third-order valence-electron chi connectivity index (χ3n) is 11.8. The van der Waals surface area contributed by atoms with Crippen molar-refractivity contribution < 1.29 is 32.9 Å². The standard InChI is InChI=1S/C47H58O7Si/c1-46(2,3)55(38-23-13-7-14-24-38,39-25-15-8-16-26-39)51-34-43-40(48)27-28-47(4)44(53-43)31-42-45(54-47)41(50-33-36-20-11-6-12-21-36)30-37(52-42)22-17-29-49-32-35-18-9-5-10-19-35/h5-16,18-21,23-26,37,41-45H,17,22,27-34H2,1-4H3/t37-,41+,42-,43-,44+,45+,47-/m1/s1. The quantitative estimate of drug-likeness (QED) is 0.0954. The van der Waals surface area contributed by atoms with Gasteiger partial charge in [-0.2, -0.15) is 0 Å². The molecule has 0 amide bonds. The van der Waals surface area contributed by atoms with E-state index in [-0.39, 0.29) is 47.9 Å². The molecule has 3 fully saturated rings. The lowest BCUT2D eigenvalue weighted by Crippen LogP contribution is -2.67. The van der Waals surface area contributed by atoms with E-state index in [0.717, 1.165) is 24.8 Å². The Morgan fingerprint density at radius 2 is 1.35 bits per heavy atom. The molecule has 0 aliphatic carbocycles. The zero-order valence-electron chi connectivity index (χ0n) is 32.9. The van der Waals surface area contributed by atoms with Gasteiger partial charge in [0.2, 0.25) is 0 Å². The molecule has 55 heavy (non-hydrogen) atoms. The van der Waals surface area contributed by atoms with Gasteiger partial charge in [0, 0.05) is 25.9 Å². The molecule has 4 aromatic rings. The molecule has 0 saturated carbocycles. The van der Waals surface area contributed by atoms with E-state index in [1.54, 1.807) is 0 Å². The highest BCUT2D eigenvalue weighted by atomic mass is 28.4. The topological polar surface area (TPSA) is 72.5 Å². The zero-order valence-corrected chi connectivity index (χ0v) is 33.9. The molecule has 7 nitrogen and oxygen atoms in total. The Labute approximate surface area is 328 Å². The van der Waals surface area contributed by atoms with Crippen molar-refractivity contribution in [3.8, 4) is 0 Å². The van der Waals surface area contributed by atoms with Crippen molar-refractivity contribution in [1.29, 1.82) is 0 Å². The predicted octanol–water partition coefficient (Wildman–Crippen LogP) is 7.97. The molecule has 7 atom stereocenters. The van der Waals surface area contributed by atoms with Gasteiger partial charge in [-0.3, -0.25) is 4.79 Å². The summed E-state index contributed by atoms with van der Waals surface area (Å²) in [5, 5.41) is 2.14. The molecule has 0 bridgehead atoms. The number of ketones is 1. The minimum atomic E-state index is -2.88. The highest BCUT2D eigenvalue weighted by molar-refractivity contribution is 6.99. The highest BCUT2D eigenvalue weighted by Gasteiger charge is 2.56. The highest BCUT2D eigenvalue weighted by Crippen LogP contribution is 2.44. The molecule has 0 unspecified atom stereocenters. The van der Waals surface area contributed by atoms with Crippen molar-refractivity contribution in [3.63, 3.8) is 0 Å². The minimum Gasteiger partial charge on any atom is -0.404 e. The van der Waals surface area contributed by atoms with Gasteiger partial charge in [-0.25, -0.2) is 0 Å². The SMILES string of the molecule is CC(C)(C)[Si](OC[C@H]1O[C@H]2C[C@H]3O[C@H](CCCOCc4ccccc4)C[C@H](OCc4ccccc4)[C@@H]3O[C@]2(C)CCC1=O)(c1ccccc1)c1ccccc1. The summed E-state index contributed by atoms with van der Waals surface area (Å²) in [6.07, 6.45) is 2.35. The molecule has 0 aromatic heterocycles. The largest absolute Gasteiger partial charge is 0.404 e. The van der Waals surface area contributed by atoms with E-state index in [2.05, 4.69) is 100 Å². The van der Waals surface area contributed by atoms with Crippen LogP contribution in [0.5, 0.6) is 0 Å². The van der Waals surface area contributed by atoms with Crippen molar-refractivity contribution >= 4 is 24.5 Å². The van der Waals surface area contributed by atoms with Crippen molar-refractivity contribution in [3.05, 3.63) is 132 Å². The van der Waals surface area contributed by atoms with Gasteiger partial charge in [0.25, 0.3) is 8.32 Å². The monoisotopic (exact) mass is 762 g/mol. The third-order valence-corrected chi connectivity index (χ3v) is 16.8. The van der Waals surface area contributed by atoms with Gasteiger partial charge in [-0.15, -0.1) is 0 Å². The molecule has 3 aliphatic heterocycles.